The first-order chi connectivity index (χ1) is 10.0. The summed E-state index contributed by atoms with van der Waals surface area (Å²) in [4.78, 5) is 23.3. The first kappa shape index (κ1) is 15.4. The first-order valence-corrected chi connectivity index (χ1v) is 7.21. The van der Waals surface area contributed by atoms with Crippen molar-refractivity contribution in [2.45, 2.75) is 6.54 Å². The van der Waals surface area contributed by atoms with E-state index in [2.05, 4.69) is 33.2 Å². The number of hydrogen-bond acceptors (Lipinski definition) is 2. The molecule has 0 spiro atoms. The minimum absolute atomic E-state index is 0.166. The van der Waals surface area contributed by atoms with E-state index < -0.39 is 11.8 Å². The predicted octanol–water partition coefficient (Wildman–Crippen LogP) is 2.69. The second kappa shape index (κ2) is 7.16. The van der Waals surface area contributed by atoms with Gasteiger partial charge in [-0.2, -0.15) is 0 Å². The molecule has 2 N–H and O–H groups in total. The average molecular weight is 398 g/mol. The second-order valence-corrected chi connectivity index (χ2v) is 5.52. The van der Waals surface area contributed by atoms with Crippen LogP contribution in [0.15, 0.2) is 48.5 Å². The molecule has 0 heterocycles. The topological polar surface area (TPSA) is 58.2 Å². The lowest BCUT2D eigenvalue weighted by molar-refractivity contribution is -0.136. The molecule has 21 heavy (non-hydrogen) atoms. The van der Waals surface area contributed by atoms with E-state index in [4.69, 9.17) is 0 Å². The van der Waals surface area contributed by atoms with Crippen molar-refractivity contribution in [2.75, 3.05) is 5.32 Å². The molecule has 0 unspecified atom stereocenters. The van der Waals surface area contributed by atoms with E-state index in [0.717, 1.165) is 3.57 Å². The van der Waals surface area contributed by atoms with Crippen LogP contribution in [0.25, 0.3) is 0 Å². The lowest BCUT2D eigenvalue weighted by Crippen LogP contribution is -2.34. The largest absolute Gasteiger partial charge is 0.344 e. The van der Waals surface area contributed by atoms with Crippen molar-refractivity contribution in [3.63, 3.8) is 0 Å². The normalized spacial score (nSPS) is 10.0. The van der Waals surface area contributed by atoms with Gasteiger partial charge in [-0.25, -0.2) is 4.39 Å². The monoisotopic (exact) mass is 398 g/mol. The lowest BCUT2D eigenvalue weighted by Gasteiger charge is -2.06. The third kappa shape index (κ3) is 4.82. The molecule has 0 fully saturated rings. The Bertz CT molecular complexity index is 642. The van der Waals surface area contributed by atoms with Crippen molar-refractivity contribution in [2.24, 2.45) is 0 Å². The minimum atomic E-state index is -0.738. The SMILES string of the molecule is O=C(NCc1ccc(F)cc1)C(=O)Nc1ccc(I)cc1. The van der Waals surface area contributed by atoms with Crippen molar-refractivity contribution in [1.29, 1.82) is 0 Å². The number of hydrogen-bond donors (Lipinski definition) is 2. The maximum absolute atomic E-state index is 12.7. The molecule has 0 saturated heterocycles. The van der Waals surface area contributed by atoms with E-state index in [1.165, 1.54) is 12.1 Å². The number of carbonyl (C=O) groups is 2. The molecule has 2 amide bonds. The second-order valence-electron chi connectivity index (χ2n) is 4.27. The summed E-state index contributed by atoms with van der Waals surface area (Å²) in [6.07, 6.45) is 0. The molecule has 2 rings (SSSR count). The Morgan fingerprint density at radius 2 is 1.57 bits per heavy atom. The van der Waals surface area contributed by atoms with Crippen LogP contribution in [0, 0.1) is 9.39 Å². The highest BCUT2D eigenvalue weighted by Crippen LogP contribution is 2.10. The van der Waals surface area contributed by atoms with Crippen molar-refractivity contribution < 1.29 is 14.0 Å². The average Bonchev–Trinajstić information content (AvgIpc) is 2.48. The smallest absolute Gasteiger partial charge is 0.313 e. The zero-order valence-electron chi connectivity index (χ0n) is 10.9. The molecule has 2 aromatic carbocycles. The van der Waals surface area contributed by atoms with Gasteiger partial charge >= 0.3 is 11.8 Å². The van der Waals surface area contributed by atoms with Gasteiger partial charge in [-0.05, 0) is 64.6 Å². The maximum atomic E-state index is 12.7. The van der Waals surface area contributed by atoms with E-state index in [1.807, 2.05) is 12.1 Å². The van der Waals surface area contributed by atoms with Crippen molar-refractivity contribution in [1.82, 2.24) is 5.32 Å². The van der Waals surface area contributed by atoms with Gasteiger partial charge in [0.2, 0.25) is 0 Å². The van der Waals surface area contributed by atoms with E-state index >= 15 is 0 Å². The van der Waals surface area contributed by atoms with Crippen molar-refractivity contribution in [3.05, 3.63) is 63.5 Å². The van der Waals surface area contributed by atoms with Gasteiger partial charge in [-0.3, -0.25) is 9.59 Å². The van der Waals surface area contributed by atoms with Crippen LogP contribution in [0.5, 0.6) is 0 Å². The number of carbonyl (C=O) groups excluding carboxylic acids is 2. The fourth-order valence-corrected chi connectivity index (χ4v) is 1.95. The quantitative estimate of drug-likeness (QED) is 0.617. The van der Waals surface area contributed by atoms with Gasteiger partial charge < -0.3 is 10.6 Å². The van der Waals surface area contributed by atoms with E-state index in [-0.39, 0.29) is 12.4 Å². The van der Waals surface area contributed by atoms with Crippen LogP contribution in [0.4, 0.5) is 10.1 Å². The zero-order chi connectivity index (χ0) is 15.2. The van der Waals surface area contributed by atoms with Crippen molar-refractivity contribution in [3.8, 4) is 0 Å². The Balaban J connectivity index is 1.86. The first-order valence-electron chi connectivity index (χ1n) is 6.14. The third-order valence-electron chi connectivity index (χ3n) is 2.67. The third-order valence-corrected chi connectivity index (χ3v) is 3.39. The molecule has 108 valence electrons. The van der Waals surface area contributed by atoms with Gasteiger partial charge in [0.15, 0.2) is 0 Å². The highest BCUT2D eigenvalue weighted by molar-refractivity contribution is 14.1. The fourth-order valence-electron chi connectivity index (χ4n) is 1.59. The number of amides is 2. The van der Waals surface area contributed by atoms with Crippen molar-refractivity contribution >= 4 is 40.1 Å². The summed E-state index contributed by atoms with van der Waals surface area (Å²) < 4.78 is 13.8. The Kier molecular flexibility index (Phi) is 5.26. The Labute approximate surface area is 134 Å². The van der Waals surface area contributed by atoms with E-state index in [9.17, 15) is 14.0 Å². The molecule has 0 aromatic heterocycles. The van der Waals surface area contributed by atoms with Gasteiger partial charge in [0.25, 0.3) is 0 Å². The van der Waals surface area contributed by atoms with Gasteiger partial charge in [0, 0.05) is 15.8 Å². The Morgan fingerprint density at radius 1 is 0.952 bits per heavy atom. The molecule has 0 radical (unpaired) electrons. The fraction of sp³-hybridized carbons (Fsp3) is 0.0667. The molecule has 0 atom stereocenters. The molecule has 4 nitrogen and oxygen atoms in total. The minimum Gasteiger partial charge on any atom is -0.344 e. The summed E-state index contributed by atoms with van der Waals surface area (Å²) in [6, 6.07) is 12.8. The molecule has 0 aliphatic rings. The van der Waals surface area contributed by atoms with E-state index in [0.29, 0.717) is 11.3 Å². The summed E-state index contributed by atoms with van der Waals surface area (Å²) in [5, 5.41) is 4.97. The molecule has 0 aliphatic heterocycles. The summed E-state index contributed by atoms with van der Waals surface area (Å²) in [5.41, 5.74) is 1.27. The van der Waals surface area contributed by atoms with Gasteiger partial charge in [0.1, 0.15) is 5.82 Å². The zero-order valence-corrected chi connectivity index (χ0v) is 13.1. The summed E-state index contributed by atoms with van der Waals surface area (Å²) >= 11 is 2.15. The van der Waals surface area contributed by atoms with Gasteiger partial charge in [-0.1, -0.05) is 12.1 Å². The number of benzene rings is 2. The molecule has 0 bridgehead atoms. The molecule has 0 saturated carbocycles. The molecule has 6 heteroatoms. The number of anilines is 1. The molecule has 0 aliphatic carbocycles. The van der Waals surface area contributed by atoms with Crippen LogP contribution in [0.2, 0.25) is 0 Å². The molecular formula is C15H12FIN2O2. The van der Waals surface area contributed by atoms with E-state index in [1.54, 1.807) is 24.3 Å². The summed E-state index contributed by atoms with van der Waals surface area (Å²) in [7, 11) is 0. The predicted molar refractivity (Wildman–Crippen MR) is 86.0 cm³/mol. The number of rotatable bonds is 3. The highest BCUT2D eigenvalue weighted by Gasteiger charge is 2.13. The van der Waals surface area contributed by atoms with Crippen LogP contribution < -0.4 is 10.6 Å². The van der Waals surface area contributed by atoms with Gasteiger partial charge in [-0.15, -0.1) is 0 Å². The summed E-state index contributed by atoms with van der Waals surface area (Å²) in [5.74, 6) is -1.82. The lowest BCUT2D eigenvalue weighted by atomic mass is 10.2. The van der Waals surface area contributed by atoms with Crippen LogP contribution in [0.1, 0.15) is 5.56 Å². The Hall–Kier alpha value is -1.96. The summed E-state index contributed by atoms with van der Waals surface area (Å²) in [6.45, 7) is 0.166. The van der Waals surface area contributed by atoms with Crippen LogP contribution >= 0.6 is 22.6 Å². The van der Waals surface area contributed by atoms with Crippen LogP contribution in [-0.4, -0.2) is 11.8 Å². The number of nitrogens with one attached hydrogen (secondary N) is 2. The van der Waals surface area contributed by atoms with Gasteiger partial charge in [0.05, 0.1) is 0 Å². The number of halogens is 2. The van der Waals surface area contributed by atoms with Crippen LogP contribution in [-0.2, 0) is 16.1 Å². The molecular weight excluding hydrogens is 386 g/mol. The highest BCUT2D eigenvalue weighted by atomic mass is 127. The molecule has 2 aromatic rings. The maximum Gasteiger partial charge on any atom is 0.313 e. The Morgan fingerprint density at radius 3 is 2.19 bits per heavy atom. The van der Waals surface area contributed by atoms with Crippen LogP contribution in [0.3, 0.4) is 0 Å². The standard InChI is InChI=1S/C15H12FIN2O2/c16-11-3-1-10(2-4-11)9-18-14(20)15(21)19-13-7-5-12(17)6-8-13/h1-8H,9H2,(H,18,20)(H,19,21).